The molecule has 1 saturated heterocycles. The lowest BCUT2D eigenvalue weighted by Gasteiger charge is -2.39. The summed E-state index contributed by atoms with van der Waals surface area (Å²) in [6.45, 7) is 5.47. The summed E-state index contributed by atoms with van der Waals surface area (Å²) in [5.41, 5.74) is 0.345. The topological polar surface area (TPSA) is 49.4 Å². The van der Waals surface area contributed by atoms with Crippen LogP contribution in [-0.4, -0.2) is 23.9 Å². The number of hydrogen-bond donors (Lipinski definition) is 1. The average Bonchev–Trinajstić information content (AvgIpc) is 2.46. The first-order valence-corrected chi connectivity index (χ1v) is 7.33. The first-order chi connectivity index (χ1) is 9.86. The van der Waals surface area contributed by atoms with Crippen molar-refractivity contribution >= 4 is 29.1 Å². The molecule has 0 aromatic heterocycles. The normalized spacial score (nSPS) is 24.0. The number of nitrogens with one attached hydrogen (secondary N) is 1. The van der Waals surface area contributed by atoms with Gasteiger partial charge >= 0.3 is 0 Å². The molecule has 3 unspecified atom stereocenters. The van der Waals surface area contributed by atoms with Crippen molar-refractivity contribution in [3.8, 4) is 0 Å². The summed E-state index contributed by atoms with van der Waals surface area (Å²) in [4.78, 5) is 26.1. The van der Waals surface area contributed by atoms with E-state index in [-0.39, 0.29) is 22.8 Å². The highest BCUT2D eigenvalue weighted by Gasteiger charge is 2.40. The Balaban J connectivity index is 2.40. The molecular weight excluding hydrogens is 295 g/mol. The molecule has 0 bridgehead atoms. The van der Waals surface area contributed by atoms with Crippen LogP contribution in [0.15, 0.2) is 18.2 Å². The van der Waals surface area contributed by atoms with Crippen LogP contribution in [0.3, 0.4) is 0 Å². The molecule has 1 aliphatic heterocycles. The molecule has 1 aromatic rings. The van der Waals surface area contributed by atoms with Crippen LogP contribution in [0.2, 0.25) is 5.02 Å². The smallest absolute Gasteiger partial charge is 0.250 e. The number of rotatable bonds is 3. The minimum atomic E-state index is -0.682. The molecule has 21 heavy (non-hydrogen) atoms. The van der Waals surface area contributed by atoms with Crippen molar-refractivity contribution in [1.82, 2.24) is 5.32 Å². The number of carbonyl (C=O) groups is 2. The Labute approximate surface area is 128 Å². The van der Waals surface area contributed by atoms with Crippen molar-refractivity contribution in [1.29, 1.82) is 0 Å². The Morgan fingerprint density at radius 3 is 2.67 bits per heavy atom. The van der Waals surface area contributed by atoms with E-state index in [1.54, 1.807) is 13.0 Å². The zero-order valence-corrected chi connectivity index (χ0v) is 12.9. The van der Waals surface area contributed by atoms with Crippen LogP contribution in [0.4, 0.5) is 10.1 Å². The second kappa shape index (κ2) is 6.02. The van der Waals surface area contributed by atoms with Gasteiger partial charge in [-0.15, -0.1) is 0 Å². The molecule has 0 aliphatic carbocycles. The van der Waals surface area contributed by atoms with Gasteiger partial charge in [-0.05, 0) is 31.0 Å². The van der Waals surface area contributed by atoms with Crippen LogP contribution >= 0.6 is 11.6 Å². The first-order valence-electron chi connectivity index (χ1n) is 6.95. The standard InChI is InChI=1S/C15H18ClFN2O2/c1-4-8(2)13-15(21)19(9(3)14(20)18-13)10-5-6-11(16)12(17)7-10/h5-9,13H,4H2,1-3H3,(H,18,20). The van der Waals surface area contributed by atoms with Crippen molar-refractivity contribution in [2.45, 2.75) is 39.3 Å². The van der Waals surface area contributed by atoms with Crippen LogP contribution in [0, 0.1) is 11.7 Å². The molecule has 2 amide bonds. The van der Waals surface area contributed by atoms with Gasteiger partial charge in [0.05, 0.1) is 5.02 Å². The van der Waals surface area contributed by atoms with Crippen molar-refractivity contribution in [3.05, 3.63) is 29.0 Å². The summed E-state index contributed by atoms with van der Waals surface area (Å²) < 4.78 is 13.6. The third-order valence-electron chi connectivity index (χ3n) is 3.96. The Hall–Kier alpha value is -1.62. The van der Waals surface area contributed by atoms with E-state index in [2.05, 4.69) is 5.32 Å². The number of nitrogens with zero attached hydrogens (tertiary/aromatic N) is 1. The van der Waals surface area contributed by atoms with Crippen molar-refractivity contribution < 1.29 is 14.0 Å². The van der Waals surface area contributed by atoms with Gasteiger partial charge in [-0.25, -0.2) is 4.39 Å². The fraction of sp³-hybridized carbons (Fsp3) is 0.467. The third-order valence-corrected chi connectivity index (χ3v) is 4.27. The van der Waals surface area contributed by atoms with Gasteiger partial charge in [0.1, 0.15) is 17.9 Å². The van der Waals surface area contributed by atoms with E-state index in [9.17, 15) is 14.0 Å². The first kappa shape index (κ1) is 15.8. The Morgan fingerprint density at radius 2 is 2.10 bits per heavy atom. The van der Waals surface area contributed by atoms with Crippen LogP contribution in [0.1, 0.15) is 27.2 Å². The van der Waals surface area contributed by atoms with E-state index in [0.29, 0.717) is 5.69 Å². The van der Waals surface area contributed by atoms with Gasteiger partial charge in [-0.1, -0.05) is 31.9 Å². The molecule has 1 aromatic carbocycles. The molecule has 0 saturated carbocycles. The van der Waals surface area contributed by atoms with E-state index >= 15 is 0 Å². The number of anilines is 1. The third kappa shape index (κ3) is 2.88. The molecule has 0 spiro atoms. The number of piperazine rings is 1. The quantitative estimate of drug-likeness (QED) is 0.933. The monoisotopic (exact) mass is 312 g/mol. The van der Waals surface area contributed by atoms with E-state index < -0.39 is 17.9 Å². The van der Waals surface area contributed by atoms with Gasteiger partial charge < -0.3 is 5.32 Å². The summed E-state index contributed by atoms with van der Waals surface area (Å²) >= 11 is 5.66. The van der Waals surface area contributed by atoms with Crippen molar-refractivity contribution in [3.63, 3.8) is 0 Å². The van der Waals surface area contributed by atoms with Gasteiger partial charge in [0, 0.05) is 5.69 Å². The second-order valence-corrected chi connectivity index (χ2v) is 5.76. The number of amides is 2. The van der Waals surface area contributed by atoms with Gasteiger partial charge in [0.15, 0.2) is 0 Å². The number of carbonyl (C=O) groups excluding carboxylic acids is 2. The van der Waals surface area contributed by atoms with Crippen molar-refractivity contribution in [2.24, 2.45) is 5.92 Å². The van der Waals surface area contributed by atoms with Crippen LogP contribution in [0.5, 0.6) is 0 Å². The number of hydrogen-bond acceptors (Lipinski definition) is 2. The molecule has 1 aliphatic rings. The van der Waals surface area contributed by atoms with Crippen LogP contribution in [0.25, 0.3) is 0 Å². The highest BCUT2D eigenvalue weighted by molar-refractivity contribution is 6.30. The van der Waals surface area contributed by atoms with Crippen LogP contribution in [-0.2, 0) is 9.59 Å². The lowest BCUT2D eigenvalue weighted by Crippen LogP contribution is -2.64. The minimum absolute atomic E-state index is 0.00796. The lowest BCUT2D eigenvalue weighted by atomic mass is 9.94. The maximum atomic E-state index is 13.6. The predicted octanol–water partition coefficient (Wildman–Crippen LogP) is 2.75. The van der Waals surface area contributed by atoms with Crippen LogP contribution < -0.4 is 10.2 Å². The average molecular weight is 313 g/mol. The SMILES string of the molecule is CCC(C)C1NC(=O)C(C)N(c2ccc(Cl)c(F)c2)C1=O. The molecule has 2 rings (SSSR count). The summed E-state index contributed by atoms with van der Waals surface area (Å²) in [6.07, 6.45) is 0.758. The molecular formula is C15H18ClFN2O2. The summed E-state index contributed by atoms with van der Waals surface area (Å²) in [5.74, 6) is -1.07. The lowest BCUT2D eigenvalue weighted by molar-refractivity contribution is -0.134. The van der Waals surface area contributed by atoms with Gasteiger partial charge in [0.25, 0.3) is 5.91 Å². The molecule has 114 valence electrons. The maximum absolute atomic E-state index is 13.6. The molecule has 1 heterocycles. The van der Waals surface area contributed by atoms with E-state index in [0.717, 1.165) is 6.42 Å². The highest BCUT2D eigenvalue weighted by Crippen LogP contribution is 2.27. The molecule has 1 fully saturated rings. The summed E-state index contributed by atoms with van der Waals surface area (Å²) in [7, 11) is 0. The highest BCUT2D eigenvalue weighted by atomic mass is 35.5. The number of benzene rings is 1. The second-order valence-electron chi connectivity index (χ2n) is 5.35. The summed E-state index contributed by atoms with van der Waals surface area (Å²) in [5, 5.41) is 2.73. The van der Waals surface area contributed by atoms with E-state index in [1.807, 2.05) is 13.8 Å². The van der Waals surface area contributed by atoms with Crippen molar-refractivity contribution in [2.75, 3.05) is 4.90 Å². The fourth-order valence-electron chi connectivity index (χ4n) is 2.40. The summed E-state index contributed by atoms with van der Waals surface area (Å²) in [6, 6.07) is 2.85. The van der Waals surface area contributed by atoms with Gasteiger partial charge in [0.2, 0.25) is 5.91 Å². The predicted molar refractivity (Wildman–Crippen MR) is 79.7 cm³/mol. The molecule has 0 radical (unpaired) electrons. The number of halogens is 2. The molecule has 4 nitrogen and oxygen atoms in total. The molecule has 6 heteroatoms. The fourth-order valence-corrected chi connectivity index (χ4v) is 2.52. The zero-order valence-electron chi connectivity index (χ0n) is 12.2. The molecule has 3 atom stereocenters. The van der Waals surface area contributed by atoms with Gasteiger partial charge in [-0.2, -0.15) is 0 Å². The maximum Gasteiger partial charge on any atom is 0.250 e. The Morgan fingerprint density at radius 1 is 1.43 bits per heavy atom. The minimum Gasteiger partial charge on any atom is -0.342 e. The zero-order chi connectivity index (χ0) is 15.7. The Kier molecular flexibility index (Phi) is 4.52. The van der Waals surface area contributed by atoms with Gasteiger partial charge in [-0.3, -0.25) is 14.5 Å². The Bertz CT molecular complexity index is 579. The van der Waals surface area contributed by atoms with E-state index in [1.165, 1.54) is 17.0 Å². The largest absolute Gasteiger partial charge is 0.342 e. The molecule has 1 N–H and O–H groups in total. The van der Waals surface area contributed by atoms with E-state index in [4.69, 9.17) is 11.6 Å².